The Bertz CT molecular complexity index is 625. The molecule has 112 valence electrons. The summed E-state index contributed by atoms with van der Waals surface area (Å²) in [4.78, 5) is 5.15. The molecule has 0 aliphatic carbocycles. The zero-order valence-electron chi connectivity index (χ0n) is 12.2. The molecule has 0 spiro atoms. The maximum Gasteiger partial charge on any atom is 0.135 e. The standard InChI is InChI=1S/C15H19N3O2S/c1-10-5-3-4-6-12(10)20-8-7-13-18-11(9-19-2)14(21-13)15(16)17/h3-6H,7-9H2,1-2H3,(H3,16,17). The van der Waals surface area contributed by atoms with Crippen LogP contribution in [0.25, 0.3) is 0 Å². The van der Waals surface area contributed by atoms with Crippen LogP contribution in [0.15, 0.2) is 24.3 Å². The molecule has 0 bridgehead atoms. The number of aryl methyl sites for hydroxylation is 1. The van der Waals surface area contributed by atoms with Crippen molar-refractivity contribution in [3.05, 3.63) is 45.4 Å². The van der Waals surface area contributed by atoms with E-state index < -0.39 is 0 Å². The molecule has 2 rings (SSSR count). The minimum atomic E-state index is 0.0330. The fourth-order valence-corrected chi connectivity index (χ4v) is 2.83. The lowest BCUT2D eigenvalue weighted by molar-refractivity contribution is 0.181. The van der Waals surface area contributed by atoms with Gasteiger partial charge in [0.2, 0.25) is 0 Å². The topological polar surface area (TPSA) is 81.2 Å². The van der Waals surface area contributed by atoms with Gasteiger partial charge in [0, 0.05) is 13.5 Å². The van der Waals surface area contributed by atoms with Crippen molar-refractivity contribution in [3.8, 4) is 5.75 Å². The van der Waals surface area contributed by atoms with Crippen LogP contribution < -0.4 is 10.5 Å². The van der Waals surface area contributed by atoms with Crippen LogP contribution in [0.2, 0.25) is 0 Å². The van der Waals surface area contributed by atoms with Gasteiger partial charge in [0.1, 0.15) is 11.6 Å². The van der Waals surface area contributed by atoms with E-state index in [0.717, 1.165) is 22.0 Å². The highest BCUT2D eigenvalue weighted by Gasteiger charge is 2.13. The third-order valence-corrected chi connectivity index (χ3v) is 4.13. The van der Waals surface area contributed by atoms with E-state index in [9.17, 15) is 0 Å². The smallest absolute Gasteiger partial charge is 0.135 e. The number of nitrogens with two attached hydrogens (primary N) is 1. The van der Waals surface area contributed by atoms with Crippen LogP contribution in [0.1, 0.15) is 21.1 Å². The number of para-hydroxylation sites is 1. The van der Waals surface area contributed by atoms with Crippen molar-refractivity contribution in [2.24, 2.45) is 5.73 Å². The normalized spacial score (nSPS) is 10.6. The van der Waals surface area contributed by atoms with Crippen molar-refractivity contribution < 1.29 is 9.47 Å². The molecule has 0 radical (unpaired) electrons. The average molecular weight is 305 g/mol. The number of hydrogen-bond donors (Lipinski definition) is 2. The van der Waals surface area contributed by atoms with Gasteiger partial charge in [-0.15, -0.1) is 11.3 Å². The van der Waals surface area contributed by atoms with Crippen LogP contribution in [0.4, 0.5) is 0 Å². The van der Waals surface area contributed by atoms with Crippen molar-refractivity contribution in [1.29, 1.82) is 5.41 Å². The van der Waals surface area contributed by atoms with Crippen LogP contribution in [0, 0.1) is 12.3 Å². The second-order valence-electron chi connectivity index (χ2n) is 4.59. The molecule has 0 aliphatic rings. The fourth-order valence-electron chi connectivity index (χ4n) is 1.92. The number of aromatic nitrogens is 1. The highest BCUT2D eigenvalue weighted by Crippen LogP contribution is 2.21. The number of rotatable bonds is 7. The summed E-state index contributed by atoms with van der Waals surface area (Å²) in [6.45, 7) is 2.93. The molecule has 1 heterocycles. The van der Waals surface area contributed by atoms with Crippen LogP contribution in [0.3, 0.4) is 0 Å². The molecule has 5 nitrogen and oxygen atoms in total. The summed E-state index contributed by atoms with van der Waals surface area (Å²) in [5.74, 6) is 0.920. The van der Waals surface area contributed by atoms with Gasteiger partial charge in [-0.1, -0.05) is 18.2 Å². The molecule has 0 saturated heterocycles. The number of nitrogens with one attached hydrogen (secondary N) is 1. The number of benzene rings is 1. The Kier molecular flexibility index (Phi) is 5.30. The molecule has 0 amide bonds. The number of amidine groups is 1. The molecular weight excluding hydrogens is 286 g/mol. The maximum atomic E-state index is 7.57. The van der Waals surface area contributed by atoms with Crippen molar-refractivity contribution >= 4 is 17.2 Å². The SMILES string of the molecule is COCc1nc(CCOc2ccccc2C)sc1C(=N)N. The highest BCUT2D eigenvalue weighted by atomic mass is 32.1. The van der Waals surface area contributed by atoms with Gasteiger partial charge in [0.05, 0.1) is 28.8 Å². The van der Waals surface area contributed by atoms with E-state index in [4.69, 9.17) is 20.6 Å². The minimum Gasteiger partial charge on any atom is -0.493 e. The predicted molar refractivity (Wildman–Crippen MR) is 84.2 cm³/mol. The Morgan fingerprint density at radius 3 is 2.81 bits per heavy atom. The van der Waals surface area contributed by atoms with Crippen molar-refractivity contribution in [1.82, 2.24) is 4.98 Å². The first-order chi connectivity index (χ1) is 10.1. The number of nitrogen functional groups attached to an aromatic ring is 1. The maximum absolute atomic E-state index is 7.57. The fraction of sp³-hybridized carbons (Fsp3) is 0.333. The van der Waals surface area contributed by atoms with Crippen molar-refractivity contribution in [2.45, 2.75) is 20.0 Å². The summed E-state index contributed by atoms with van der Waals surface area (Å²) in [5, 5.41) is 8.47. The van der Waals surface area contributed by atoms with Crippen molar-refractivity contribution in [2.75, 3.05) is 13.7 Å². The summed E-state index contributed by atoms with van der Waals surface area (Å²) in [6, 6.07) is 7.91. The number of methoxy groups -OCH3 is 1. The highest BCUT2D eigenvalue weighted by molar-refractivity contribution is 7.13. The van der Waals surface area contributed by atoms with Gasteiger partial charge in [-0.25, -0.2) is 4.98 Å². The molecule has 1 aromatic carbocycles. The number of nitrogens with zero attached hydrogens (tertiary/aromatic N) is 1. The summed E-state index contributed by atoms with van der Waals surface area (Å²) in [7, 11) is 1.60. The summed E-state index contributed by atoms with van der Waals surface area (Å²) in [6.07, 6.45) is 0.684. The van der Waals surface area contributed by atoms with Crippen LogP contribution in [-0.4, -0.2) is 24.5 Å². The summed E-state index contributed by atoms with van der Waals surface area (Å²) < 4.78 is 10.8. The number of ether oxygens (including phenoxy) is 2. The molecule has 0 fully saturated rings. The van der Waals surface area contributed by atoms with E-state index in [-0.39, 0.29) is 5.84 Å². The van der Waals surface area contributed by atoms with E-state index >= 15 is 0 Å². The first-order valence-electron chi connectivity index (χ1n) is 6.62. The van der Waals surface area contributed by atoms with Gasteiger partial charge in [-0.05, 0) is 18.6 Å². The largest absolute Gasteiger partial charge is 0.493 e. The summed E-state index contributed by atoms with van der Waals surface area (Å²) >= 11 is 1.43. The Morgan fingerprint density at radius 2 is 2.14 bits per heavy atom. The van der Waals surface area contributed by atoms with Gasteiger partial charge in [0.15, 0.2) is 0 Å². The number of thiazole rings is 1. The zero-order valence-corrected chi connectivity index (χ0v) is 13.0. The first kappa shape index (κ1) is 15.5. The van der Waals surface area contributed by atoms with Crippen molar-refractivity contribution in [3.63, 3.8) is 0 Å². The van der Waals surface area contributed by atoms with Gasteiger partial charge < -0.3 is 15.2 Å². The van der Waals surface area contributed by atoms with E-state index in [2.05, 4.69) is 4.98 Å². The Labute approximate surface area is 128 Å². The monoisotopic (exact) mass is 305 g/mol. The van der Waals surface area contributed by atoms with E-state index in [1.165, 1.54) is 11.3 Å². The number of hydrogen-bond acceptors (Lipinski definition) is 5. The van der Waals surface area contributed by atoms with Gasteiger partial charge in [-0.3, -0.25) is 5.41 Å². The molecule has 0 aliphatic heterocycles. The van der Waals surface area contributed by atoms with Gasteiger partial charge >= 0.3 is 0 Å². The third kappa shape index (κ3) is 4.03. The molecule has 0 unspecified atom stereocenters. The molecule has 0 saturated carbocycles. The lowest BCUT2D eigenvalue weighted by Crippen LogP contribution is -2.11. The quantitative estimate of drug-likeness (QED) is 0.608. The van der Waals surface area contributed by atoms with E-state index in [1.54, 1.807) is 7.11 Å². The second kappa shape index (κ2) is 7.19. The average Bonchev–Trinajstić information content (AvgIpc) is 2.85. The van der Waals surface area contributed by atoms with Crippen LogP contribution in [-0.2, 0) is 17.8 Å². The first-order valence-corrected chi connectivity index (χ1v) is 7.43. The zero-order chi connectivity index (χ0) is 15.2. The molecule has 21 heavy (non-hydrogen) atoms. The molecular formula is C15H19N3O2S. The van der Waals surface area contributed by atoms with Gasteiger partial charge in [-0.2, -0.15) is 0 Å². The molecule has 2 aromatic rings. The molecule has 6 heteroatoms. The van der Waals surface area contributed by atoms with Gasteiger partial charge in [0.25, 0.3) is 0 Å². The third-order valence-electron chi connectivity index (χ3n) is 2.93. The molecule has 1 aromatic heterocycles. The molecule has 0 atom stereocenters. The predicted octanol–water partition coefficient (Wildman–Crippen LogP) is 2.50. The lowest BCUT2D eigenvalue weighted by Gasteiger charge is -2.07. The van der Waals surface area contributed by atoms with Crippen LogP contribution in [0.5, 0.6) is 5.75 Å². The van der Waals surface area contributed by atoms with E-state index in [0.29, 0.717) is 24.5 Å². The van der Waals surface area contributed by atoms with E-state index in [1.807, 2.05) is 31.2 Å². The molecule has 3 N–H and O–H groups in total. The van der Waals surface area contributed by atoms with Crippen LogP contribution >= 0.6 is 11.3 Å². The second-order valence-corrected chi connectivity index (χ2v) is 5.68. The Balaban J connectivity index is 1.99. The lowest BCUT2D eigenvalue weighted by atomic mass is 10.2. The summed E-state index contributed by atoms with van der Waals surface area (Å²) in [5.41, 5.74) is 7.40. The Hall–Kier alpha value is -1.92. The Morgan fingerprint density at radius 1 is 1.38 bits per heavy atom. The minimum absolute atomic E-state index is 0.0330.